The van der Waals surface area contributed by atoms with Gasteiger partial charge in [-0.2, -0.15) is 0 Å². The molecule has 2 aromatic rings. The van der Waals surface area contributed by atoms with E-state index in [9.17, 15) is 5.11 Å². The zero-order valence-electron chi connectivity index (χ0n) is 11.8. The van der Waals surface area contributed by atoms with Crippen LogP contribution in [0.25, 0.3) is 10.7 Å². The van der Waals surface area contributed by atoms with Gasteiger partial charge in [-0.25, -0.2) is 4.98 Å². The maximum Gasteiger partial charge on any atom is 0.142 e. The van der Waals surface area contributed by atoms with Gasteiger partial charge < -0.3 is 15.2 Å². The molecule has 0 amide bonds. The Hall–Kier alpha value is -1.34. The second kappa shape index (κ2) is 6.62. The Bertz CT molecular complexity index is 567. The normalized spacial score (nSPS) is 17.8. The van der Waals surface area contributed by atoms with Gasteiger partial charge in [0.05, 0.1) is 17.0 Å². The van der Waals surface area contributed by atoms with Crippen LogP contribution in [-0.2, 0) is 11.3 Å². The molecule has 0 unspecified atom stereocenters. The largest absolute Gasteiger partial charge is 0.388 e. The zero-order valence-corrected chi connectivity index (χ0v) is 12.6. The van der Waals surface area contributed by atoms with Crippen molar-refractivity contribution < 1.29 is 9.84 Å². The van der Waals surface area contributed by atoms with Crippen LogP contribution in [-0.4, -0.2) is 40.4 Å². The van der Waals surface area contributed by atoms with Crippen molar-refractivity contribution in [2.45, 2.75) is 25.0 Å². The van der Waals surface area contributed by atoms with E-state index in [1.54, 1.807) is 17.5 Å². The van der Waals surface area contributed by atoms with Gasteiger partial charge in [0.1, 0.15) is 5.01 Å². The molecule has 0 aromatic carbocycles. The van der Waals surface area contributed by atoms with Crippen LogP contribution in [0.3, 0.4) is 0 Å². The van der Waals surface area contributed by atoms with E-state index >= 15 is 0 Å². The lowest BCUT2D eigenvalue weighted by Crippen LogP contribution is -2.44. The van der Waals surface area contributed by atoms with E-state index in [-0.39, 0.29) is 0 Å². The van der Waals surface area contributed by atoms with Crippen molar-refractivity contribution in [3.63, 3.8) is 0 Å². The third kappa shape index (κ3) is 3.85. The van der Waals surface area contributed by atoms with Crippen molar-refractivity contribution in [3.8, 4) is 10.7 Å². The predicted molar refractivity (Wildman–Crippen MR) is 82.1 cm³/mol. The van der Waals surface area contributed by atoms with E-state index in [2.05, 4.69) is 15.3 Å². The summed E-state index contributed by atoms with van der Waals surface area (Å²) in [4.78, 5) is 8.87. The van der Waals surface area contributed by atoms with Crippen molar-refractivity contribution >= 4 is 11.3 Å². The Morgan fingerprint density at radius 1 is 1.33 bits per heavy atom. The van der Waals surface area contributed by atoms with Crippen LogP contribution in [0.1, 0.15) is 18.5 Å². The number of pyridine rings is 1. The van der Waals surface area contributed by atoms with E-state index in [0.717, 1.165) is 16.4 Å². The summed E-state index contributed by atoms with van der Waals surface area (Å²) in [6.07, 6.45) is 3.15. The van der Waals surface area contributed by atoms with E-state index in [1.807, 2.05) is 23.6 Å². The molecule has 1 aliphatic rings. The smallest absolute Gasteiger partial charge is 0.142 e. The molecule has 0 atom stereocenters. The molecular weight excluding hydrogens is 286 g/mol. The zero-order chi connectivity index (χ0) is 14.5. The molecule has 6 heteroatoms. The SMILES string of the molecule is OC1(CNCc2csc(-c3ccccn3)n2)CCOCC1. The lowest BCUT2D eigenvalue weighted by molar-refractivity contribution is -0.0617. The second-order valence-electron chi connectivity index (χ2n) is 5.30. The maximum absolute atomic E-state index is 10.4. The molecule has 0 aliphatic carbocycles. The Morgan fingerprint density at radius 2 is 2.19 bits per heavy atom. The average molecular weight is 305 g/mol. The lowest BCUT2D eigenvalue weighted by Gasteiger charge is -2.32. The summed E-state index contributed by atoms with van der Waals surface area (Å²) in [5, 5.41) is 16.6. The molecular formula is C15H19N3O2S. The molecule has 0 spiro atoms. The molecule has 21 heavy (non-hydrogen) atoms. The number of nitrogens with zero attached hydrogens (tertiary/aromatic N) is 2. The highest BCUT2D eigenvalue weighted by molar-refractivity contribution is 7.13. The number of nitrogens with one attached hydrogen (secondary N) is 1. The van der Waals surface area contributed by atoms with E-state index in [0.29, 0.717) is 39.1 Å². The molecule has 3 rings (SSSR count). The number of aliphatic hydroxyl groups is 1. The fourth-order valence-corrected chi connectivity index (χ4v) is 3.14. The third-order valence-corrected chi connectivity index (χ3v) is 4.53. The number of rotatable bonds is 5. The number of ether oxygens (including phenoxy) is 1. The van der Waals surface area contributed by atoms with Crippen LogP contribution < -0.4 is 5.32 Å². The van der Waals surface area contributed by atoms with Gasteiger partial charge in [-0.15, -0.1) is 11.3 Å². The highest BCUT2D eigenvalue weighted by Gasteiger charge is 2.29. The standard InChI is InChI=1S/C15H19N3O2S/c19-15(4-7-20-8-5-15)11-16-9-12-10-21-14(18-12)13-3-1-2-6-17-13/h1-3,6,10,16,19H,4-5,7-9,11H2. The van der Waals surface area contributed by atoms with Crippen LogP contribution in [0.2, 0.25) is 0 Å². The first kappa shape index (κ1) is 14.6. The molecule has 0 bridgehead atoms. The Kier molecular flexibility index (Phi) is 4.60. The number of hydrogen-bond donors (Lipinski definition) is 2. The van der Waals surface area contributed by atoms with Gasteiger partial charge in [0.15, 0.2) is 0 Å². The fourth-order valence-electron chi connectivity index (χ4n) is 2.35. The number of hydrogen-bond acceptors (Lipinski definition) is 6. The van der Waals surface area contributed by atoms with E-state index in [1.165, 1.54) is 0 Å². The minimum Gasteiger partial charge on any atom is -0.388 e. The Morgan fingerprint density at radius 3 is 2.95 bits per heavy atom. The summed E-state index contributed by atoms with van der Waals surface area (Å²) >= 11 is 1.59. The summed E-state index contributed by atoms with van der Waals surface area (Å²) in [6, 6.07) is 5.82. The molecule has 3 heterocycles. The van der Waals surface area contributed by atoms with E-state index in [4.69, 9.17) is 4.74 Å². The topological polar surface area (TPSA) is 67.3 Å². The summed E-state index contributed by atoms with van der Waals surface area (Å²) in [6.45, 7) is 2.51. The predicted octanol–water partition coefficient (Wildman–Crippen LogP) is 1.84. The van der Waals surface area contributed by atoms with Gasteiger partial charge in [0.2, 0.25) is 0 Å². The molecule has 5 nitrogen and oxygen atoms in total. The van der Waals surface area contributed by atoms with Gasteiger partial charge in [0, 0.05) is 50.7 Å². The van der Waals surface area contributed by atoms with Crippen molar-refractivity contribution in [1.29, 1.82) is 0 Å². The molecule has 0 radical (unpaired) electrons. The van der Waals surface area contributed by atoms with Crippen molar-refractivity contribution in [3.05, 3.63) is 35.5 Å². The molecule has 2 aromatic heterocycles. The van der Waals surface area contributed by atoms with E-state index < -0.39 is 5.60 Å². The first-order chi connectivity index (χ1) is 10.3. The van der Waals surface area contributed by atoms with Crippen molar-refractivity contribution in [1.82, 2.24) is 15.3 Å². The molecule has 1 fully saturated rings. The first-order valence-electron chi connectivity index (χ1n) is 7.12. The average Bonchev–Trinajstić information content (AvgIpc) is 2.98. The molecule has 0 saturated carbocycles. The van der Waals surface area contributed by atoms with Crippen LogP contribution in [0.5, 0.6) is 0 Å². The van der Waals surface area contributed by atoms with Gasteiger partial charge in [-0.1, -0.05) is 6.07 Å². The van der Waals surface area contributed by atoms with Gasteiger partial charge in [-0.3, -0.25) is 4.98 Å². The third-order valence-electron chi connectivity index (χ3n) is 3.62. The fraction of sp³-hybridized carbons (Fsp3) is 0.467. The minimum absolute atomic E-state index is 0.576. The van der Waals surface area contributed by atoms with Gasteiger partial charge in [0.25, 0.3) is 0 Å². The van der Waals surface area contributed by atoms with Crippen molar-refractivity contribution in [2.24, 2.45) is 0 Å². The molecule has 112 valence electrons. The Balaban J connectivity index is 1.53. The lowest BCUT2D eigenvalue weighted by atomic mass is 9.94. The molecule has 2 N–H and O–H groups in total. The van der Waals surface area contributed by atoms with Gasteiger partial charge in [-0.05, 0) is 12.1 Å². The number of thiazole rings is 1. The maximum atomic E-state index is 10.4. The van der Waals surface area contributed by atoms with Crippen molar-refractivity contribution in [2.75, 3.05) is 19.8 Å². The second-order valence-corrected chi connectivity index (χ2v) is 6.16. The van der Waals surface area contributed by atoms with Crippen LogP contribution >= 0.6 is 11.3 Å². The molecule has 1 saturated heterocycles. The molecule has 1 aliphatic heterocycles. The van der Waals surface area contributed by atoms with Crippen LogP contribution in [0.4, 0.5) is 0 Å². The summed E-state index contributed by atoms with van der Waals surface area (Å²) in [5.74, 6) is 0. The number of aromatic nitrogens is 2. The van der Waals surface area contributed by atoms with Crippen LogP contribution in [0.15, 0.2) is 29.8 Å². The highest BCUT2D eigenvalue weighted by atomic mass is 32.1. The monoisotopic (exact) mass is 305 g/mol. The summed E-state index contributed by atoms with van der Waals surface area (Å²) in [7, 11) is 0. The first-order valence-corrected chi connectivity index (χ1v) is 8.00. The summed E-state index contributed by atoms with van der Waals surface area (Å²) in [5.41, 5.74) is 1.24. The minimum atomic E-state index is -0.641. The highest BCUT2D eigenvalue weighted by Crippen LogP contribution is 2.22. The quantitative estimate of drug-likeness (QED) is 0.882. The van der Waals surface area contributed by atoms with Crippen LogP contribution in [0, 0.1) is 0 Å². The van der Waals surface area contributed by atoms with Gasteiger partial charge >= 0.3 is 0 Å². The Labute approximate surface area is 128 Å². The summed E-state index contributed by atoms with van der Waals surface area (Å²) < 4.78 is 5.28.